The van der Waals surface area contributed by atoms with Crippen molar-refractivity contribution in [3.63, 3.8) is 0 Å². The Balaban J connectivity index is 1.29. The lowest BCUT2D eigenvalue weighted by Crippen LogP contribution is -2.36. The molecule has 4 unspecified atom stereocenters. The van der Waals surface area contributed by atoms with Crippen molar-refractivity contribution in [1.29, 1.82) is 0 Å². The second-order valence-corrected chi connectivity index (χ2v) is 21.4. The summed E-state index contributed by atoms with van der Waals surface area (Å²) in [7, 11) is 9.13. The second-order valence-electron chi connectivity index (χ2n) is 19.3. The van der Waals surface area contributed by atoms with E-state index in [1.165, 1.54) is 0 Å². The fourth-order valence-corrected chi connectivity index (χ4v) is 12.0. The van der Waals surface area contributed by atoms with Gasteiger partial charge in [0.1, 0.15) is 45.7 Å². The van der Waals surface area contributed by atoms with Crippen molar-refractivity contribution in [3.8, 4) is 34.5 Å². The van der Waals surface area contributed by atoms with Gasteiger partial charge in [-0.05, 0) is 83.0 Å². The molecule has 81 heavy (non-hydrogen) atoms. The van der Waals surface area contributed by atoms with Crippen molar-refractivity contribution in [3.05, 3.63) is 262 Å². The van der Waals surface area contributed by atoms with E-state index < -0.39 is 32.9 Å². The molecule has 0 heterocycles. The van der Waals surface area contributed by atoms with E-state index >= 15 is 8.42 Å². The van der Waals surface area contributed by atoms with Gasteiger partial charge in [0.2, 0.25) is 0 Å². The summed E-state index contributed by atoms with van der Waals surface area (Å²) in [4.78, 5) is 0. The van der Waals surface area contributed by atoms with Crippen molar-refractivity contribution in [2.24, 2.45) is 11.8 Å². The molecule has 0 bridgehead atoms. The Bertz CT molecular complexity index is 3360. The molecule has 0 saturated heterocycles. The van der Waals surface area contributed by atoms with E-state index in [9.17, 15) is 0 Å². The zero-order valence-electron chi connectivity index (χ0n) is 47.2. The average Bonchev–Trinajstić information content (AvgIpc) is 3.51. The van der Waals surface area contributed by atoms with Gasteiger partial charge in [-0.2, -0.15) is 0 Å². The number of methoxy groups -OCH3 is 8. The number of benzene rings is 6. The lowest BCUT2D eigenvalue weighted by molar-refractivity contribution is 0.106. The molecule has 0 spiro atoms. The zero-order chi connectivity index (χ0) is 57.2. The minimum Gasteiger partial charge on any atom is -0.496 e. The number of allylic oxidation sites excluding steroid dienone is 6. The van der Waals surface area contributed by atoms with Crippen LogP contribution >= 0.6 is 0 Å². The minimum atomic E-state index is -3.98. The number of hydrogen-bond acceptors (Lipinski definition) is 10. The van der Waals surface area contributed by atoms with E-state index in [0.717, 1.165) is 44.5 Å². The molecule has 10 nitrogen and oxygen atoms in total. The number of hydrogen-bond donors (Lipinski definition) is 0. The molecule has 0 fully saturated rings. The standard InChI is InChI=1S/C70H70O10S/c1-73-63-27-15-9-21-51(63)33-35-57-47-69(79-7,43-41-55-25-13-19-31-67(55)77-5)61(39-37-53-23-11-17-29-65(53)75-3)45-59(57)49-81(71,72)50-60-46-62(40-38-54-24-12-18-30-66(54)76-4)70(80-8,44-42-56-26-14-20-32-68(56)78-6)48-58(60)36-34-52-22-10-16-28-64(52)74-2/h9-48,59-60H,49-50H2,1-8H3/b35-33+,36-34+,39-37+,40-38+,43-41+,44-42+. The molecular weight excluding hydrogens is 1030 g/mol. The first-order valence-electron chi connectivity index (χ1n) is 26.5. The topological polar surface area (TPSA) is 108 Å². The molecule has 0 aliphatic heterocycles. The van der Waals surface area contributed by atoms with Crippen molar-refractivity contribution in [2.75, 3.05) is 68.4 Å². The fraction of sp³-hybridized carbons (Fsp3) is 0.200. The molecular formula is C70H70O10S. The van der Waals surface area contributed by atoms with Gasteiger partial charge in [0.25, 0.3) is 0 Å². The monoisotopic (exact) mass is 1100 g/mol. The lowest BCUT2D eigenvalue weighted by Gasteiger charge is -2.36. The maximum absolute atomic E-state index is 15.6. The summed E-state index contributed by atoms with van der Waals surface area (Å²) in [6.45, 7) is 0. The summed E-state index contributed by atoms with van der Waals surface area (Å²) < 4.78 is 78.9. The lowest BCUT2D eigenvalue weighted by atomic mass is 9.79. The van der Waals surface area contributed by atoms with Crippen LogP contribution in [-0.2, 0) is 19.3 Å². The first-order chi connectivity index (χ1) is 39.4. The largest absolute Gasteiger partial charge is 0.496 e. The van der Waals surface area contributed by atoms with Crippen molar-refractivity contribution in [2.45, 2.75) is 11.2 Å². The Morgan fingerprint density at radius 2 is 0.593 bits per heavy atom. The van der Waals surface area contributed by atoms with Crippen LogP contribution in [0.15, 0.2) is 229 Å². The second kappa shape index (κ2) is 27.5. The van der Waals surface area contributed by atoms with Crippen LogP contribution in [0, 0.1) is 11.8 Å². The Labute approximate surface area is 478 Å². The molecule has 2 aliphatic rings. The highest BCUT2D eigenvalue weighted by atomic mass is 32.2. The molecule has 416 valence electrons. The van der Waals surface area contributed by atoms with Crippen molar-refractivity contribution >= 4 is 46.3 Å². The maximum Gasteiger partial charge on any atom is 0.152 e. The van der Waals surface area contributed by atoms with Crippen LogP contribution in [-0.4, -0.2) is 88.0 Å². The van der Waals surface area contributed by atoms with Crippen LogP contribution in [0.2, 0.25) is 0 Å². The third kappa shape index (κ3) is 14.2. The van der Waals surface area contributed by atoms with Crippen LogP contribution in [0.4, 0.5) is 0 Å². The van der Waals surface area contributed by atoms with Gasteiger partial charge in [-0.3, -0.25) is 0 Å². The van der Waals surface area contributed by atoms with E-state index in [4.69, 9.17) is 37.9 Å². The molecule has 6 aromatic carbocycles. The number of sulfone groups is 1. The van der Waals surface area contributed by atoms with Crippen LogP contribution in [0.1, 0.15) is 33.4 Å². The zero-order valence-corrected chi connectivity index (χ0v) is 48.0. The highest BCUT2D eigenvalue weighted by Crippen LogP contribution is 2.42. The van der Waals surface area contributed by atoms with Gasteiger partial charge in [0, 0.05) is 59.4 Å². The van der Waals surface area contributed by atoms with Crippen molar-refractivity contribution < 1.29 is 46.3 Å². The van der Waals surface area contributed by atoms with E-state index in [2.05, 4.69) is 0 Å². The summed E-state index contributed by atoms with van der Waals surface area (Å²) in [6, 6.07) is 46.3. The molecule has 4 atom stereocenters. The Kier molecular flexibility index (Phi) is 19.9. The number of para-hydroxylation sites is 6. The summed E-state index contributed by atoms with van der Waals surface area (Å²) in [5, 5.41) is 0. The quantitative estimate of drug-likeness (QED) is 0.0581. The highest BCUT2D eigenvalue weighted by molar-refractivity contribution is 7.91. The van der Waals surface area contributed by atoms with E-state index in [0.29, 0.717) is 45.6 Å². The number of rotatable bonds is 24. The normalized spacial score (nSPS) is 19.5. The third-order valence-corrected chi connectivity index (χ3v) is 16.2. The maximum atomic E-state index is 15.6. The first kappa shape index (κ1) is 58.5. The van der Waals surface area contributed by atoms with Gasteiger partial charge < -0.3 is 37.9 Å². The first-order valence-corrected chi connectivity index (χ1v) is 28.4. The molecule has 6 aromatic rings. The molecule has 0 saturated carbocycles. The van der Waals surface area contributed by atoms with E-state index in [-0.39, 0.29) is 11.5 Å². The number of ether oxygens (including phenoxy) is 8. The molecule has 0 N–H and O–H groups in total. The Morgan fingerprint density at radius 3 is 0.852 bits per heavy atom. The summed E-state index contributed by atoms with van der Waals surface area (Å²) in [5.41, 5.74) is 5.47. The van der Waals surface area contributed by atoms with Crippen LogP contribution in [0.5, 0.6) is 34.5 Å². The van der Waals surface area contributed by atoms with Crippen LogP contribution in [0.3, 0.4) is 0 Å². The van der Waals surface area contributed by atoms with Gasteiger partial charge in [0.05, 0.1) is 54.2 Å². The predicted molar refractivity (Wildman–Crippen MR) is 330 cm³/mol. The van der Waals surface area contributed by atoms with Gasteiger partial charge in [0.15, 0.2) is 9.84 Å². The molecule has 0 radical (unpaired) electrons. The van der Waals surface area contributed by atoms with Gasteiger partial charge in [-0.15, -0.1) is 0 Å². The molecule has 0 amide bonds. The molecule has 8 rings (SSSR count). The summed E-state index contributed by atoms with van der Waals surface area (Å²) in [6.07, 6.45) is 31.6. The average molecular weight is 1100 g/mol. The fourth-order valence-electron chi connectivity index (χ4n) is 10.1. The summed E-state index contributed by atoms with van der Waals surface area (Å²) in [5.74, 6) is 2.27. The van der Waals surface area contributed by atoms with Crippen LogP contribution < -0.4 is 28.4 Å². The molecule has 11 heteroatoms. The van der Waals surface area contributed by atoms with Gasteiger partial charge in [-0.25, -0.2) is 8.42 Å². The smallest absolute Gasteiger partial charge is 0.152 e. The highest BCUT2D eigenvalue weighted by Gasteiger charge is 2.39. The molecule has 0 aromatic heterocycles. The van der Waals surface area contributed by atoms with Gasteiger partial charge in [-0.1, -0.05) is 182 Å². The van der Waals surface area contributed by atoms with Crippen LogP contribution in [0.25, 0.3) is 36.5 Å². The summed E-state index contributed by atoms with van der Waals surface area (Å²) >= 11 is 0. The van der Waals surface area contributed by atoms with E-state index in [1.54, 1.807) is 56.9 Å². The predicted octanol–water partition coefficient (Wildman–Crippen LogP) is 14.5. The Hall–Kier alpha value is -8.61. The van der Waals surface area contributed by atoms with Crippen molar-refractivity contribution in [1.82, 2.24) is 0 Å². The third-order valence-electron chi connectivity index (χ3n) is 14.5. The molecule has 2 aliphatic carbocycles. The Morgan fingerprint density at radius 1 is 0.346 bits per heavy atom. The minimum absolute atomic E-state index is 0.250. The van der Waals surface area contributed by atoms with E-state index in [1.807, 2.05) is 243 Å². The van der Waals surface area contributed by atoms with Gasteiger partial charge >= 0.3 is 0 Å². The SMILES string of the molecule is COc1ccccc1/C=C/C1=CC(/C=C/c2ccccc2OC)(OC)C(/C=C/c2ccccc2OC)=CC1CS(=O)(=O)CC1C=C(/C=C/c2ccccc2OC)C(/C=C/c2ccccc2OC)(OC)C=C1/C=C/c1ccccc1OC.